The van der Waals surface area contributed by atoms with Crippen LogP contribution in [0.2, 0.25) is 5.02 Å². The molecule has 1 saturated heterocycles. The summed E-state index contributed by atoms with van der Waals surface area (Å²) in [6, 6.07) is 15.1. The average Bonchev–Trinajstić information content (AvgIpc) is 3.14. The molecule has 5 nitrogen and oxygen atoms in total. The third-order valence-electron chi connectivity index (χ3n) is 4.65. The first kappa shape index (κ1) is 17.1. The number of H-pyrrole nitrogens is 1. The van der Waals surface area contributed by atoms with Crippen molar-refractivity contribution in [2.24, 2.45) is 0 Å². The number of hydrogen-bond donors (Lipinski definition) is 2. The van der Waals surface area contributed by atoms with Gasteiger partial charge < -0.3 is 14.8 Å². The lowest BCUT2D eigenvalue weighted by molar-refractivity contribution is -0.0158. The molecule has 1 atom stereocenters. The molecule has 6 heteroatoms. The van der Waals surface area contributed by atoms with E-state index in [9.17, 15) is 5.11 Å². The van der Waals surface area contributed by atoms with Crippen molar-refractivity contribution < 1.29 is 9.84 Å². The zero-order chi connectivity index (χ0) is 17.9. The number of phenols is 1. The third-order valence-corrected chi connectivity index (χ3v) is 4.89. The SMILES string of the molecule is Oc1ccccc1CN1CCOCC1c1ncc(-c2cccc(Cl)c2)[nH]1. The Morgan fingerprint density at radius 2 is 2.12 bits per heavy atom. The van der Waals surface area contributed by atoms with Crippen LogP contribution in [-0.4, -0.2) is 39.7 Å². The fourth-order valence-electron chi connectivity index (χ4n) is 3.25. The molecule has 2 heterocycles. The number of aromatic amines is 1. The summed E-state index contributed by atoms with van der Waals surface area (Å²) >= 11 is 6.09. The molecule has 1 aliphatic heterocycles. The van der Waals surface area contributed by atoms with Gasteiger partial charge in [-0.2, -0.15) is 0 Å². The molecule has 0 bridgehead atoms. The van der Waals surface area contributed by atoms with E-state index < -0.39 is 0 Å². The number of aromatic nitrogens is 2. The smallest absolute Gasteiger partial charge is 0.126 e. The lowest BCUT2D eigenvalue weighted by Crippen LogP contribution is -2.39. The van der Waals surface area contributed by atoms with E-state index in [1.807, 2.05) is 48.7 Å². The molecular formula is C20H20ClN3O2. The lowest BCUT2D eigenvalue weighted by Gasteiger charge is -2.34. The Balaban J connectivity index is 1.58. The van der Waals surface area contributed by atoms with Gasteiger partial charge >= 0.3 is 0 Å². The van der Waals surface area contributed by atoms with Crippen molar-refractivity contribution in [2.45, 2.75) is 12.6 Å². The van der Waals surface area contributed by atoms with Gasteiger partial charge in [-0.3, -0.25) is 4.90 Å². The highest BCUT2D eigenvalue weighted by Crippen LogP contribution is 2.29. The predicted octanol–water partition coefficient (Wildman–Crippen LogP) is 4.01. The van der Waals surface area contributed by atoms with Gasteiger partial charge in [-0.25, -0.2) is 4.98 Å². The molecule has 1 fully saturated rings. The number of morpholine rings is 1. The number of rotatable bonds is 4. The second-order valence-corrected chi connectivity index (χ2v) is 6.82. The van der Waals surface area contributed by atoms with Crippen molar-refractivity contribution in [3.8, 4) is 17.0 Å². The molecule has 3 aromatic rings. The summed E-state index contributed by atoms with van der Waals surface area (Å²) in [6.07, 6.45) is 1.83. The molecule has 0 aliphatic carbocycles. The number of para-hydroxylation sites is 1. The summed E-state index contributed by atoms with van der Waals surface area (Å²) in [5.74, 6) is 1.17. The van der Waals surface area contributed by atoms with E-state index in [1.165, 1.54) is 0 Å². The summed E-state index contributed by atoms with van der Waals surface area (Å²) in [5.41, 5.74) is 2.83. The van der Waals surface area contributed by atoms with Crippen LogP contribution < -0.4 is 0 Å². The number of ether oxygens (including phenoxy) is 1. The van der Waals surface area contributed by atoms with Crippen molar-refractivity contribution in [1.29, 1.82) is 0 Å². The first-order valence-corrected chi connectivity index (χ1v) is 8.98. The number of hydrogen-bond acceptors (Lipinski definition) is 4. The number of nitrogens with one attached hydrogen (secondary N) is 1. The Labute approximate surface area is 157 Å². The Morgan fingerprint density at radius 3 is 2.96 bits per heavy atom. The molecule has 0 saturated carbocycles. The van der Waals surface area contributed by atoms with Crippen LogP contribution in [0.4, 0.5) is 0 Å². The zero-order valence-corrected chi connectivity index (χ0v) is 15.0. The minimum Gasteiger partial charge on any atom is -0.508 e. The minimum atomic E-state index is 0.0105. The number of halogens is 1. The van der Waals surface area contributed by atoms with Crippen LogP contribution in [0.1, 0.15) is 17.4 Å². The largest absolute Gasteiger partial charge is 0.508 e. The minimum absolute atomic E-state index is 0.0105. The van der Waals surface area contributed by atoms with E-state index in [0.717, 1.165) is 29.2 Å². The van der Waals surface area contributed by atoms with Crippen LogP contribution >= 0.6 is 11.6 Å². The normalized spacial score (nSPS) is 18.1. The number of nitrogens with zero attached hydrogens (tertiary/aromatic N) is 2. The van der Waals surface area contributed by atoms with E-state index in [0.29, 0.717) is 30.5 Å². The molecule has 0 spiro atoms. The zero-order valence-electron chi connectivity index (χ0n) is 14.2. The van der Waals surface area contributed by atoms with Crippen molar-refractivity contribution in [1.82, 2.24) is 14.9 Å². The van der Waals surface area contributed by atoms with Crippen LogP contribution in [0, 0.1) is 0 Å². The van der Waals surface area contributed by atoms with Gasteiger partial charge in [0.05, 0.1) is 31.1 Å². The number of phenolic OH excluding ortho intramolecular Hbond substituents is 1. The van der Waals surface area contributed by atoms with Crippen molar-refractivity contribution in [2.75, 3.05) is 19.8 Å². The maximum atomic E-state index is 10.1. The quantitative estimate of drug-likeness (QED) is 0.729. The molecule has 1 aromatic heterocycles. The molecular weight excluding hydrogens is 350 g/mol. The molecule has 2 aromatic carbocycles. The van der Waals surface area contributed by atoms with E-state index in [2.05, 4.69) is 14.9 Å². The predicted molar refractivity (Wildman–Crippen MR) is 101 cm³/mol. The molecule has 4 rings (SSSR count). The summed E-state index contributed by atoms with van der Waals surface area (Å²) < 4.78 is 5.68. The Kier molecular flexibility index (Phi) is 4.93. The van der Waals surface area contributed by atoms with Crippen LogP contribution in [-0.2, 0) is 11.3 Å². The van der Waals surface area contributed by atoms with Gasteiger partial charge in [-0.1, -0.05) is 41.9 Å². The van der Waals surface area contributed by atoms with E-state index in [4.69, 9.17) is 16.3 Å². The van der Waals surface area contributed by atoms with Crippen molar-refractivity contribution >= 4 is 11.6 Å². The lowest BCUT2D eigenvalue weighted by atomic mass is 10.1. The molecule has 0 amide bonds. The van der Waals surface area contributed by atoms with Gasteiger partial charge in [0.2, 0.25) is 0 Å². The van der Waals surface area contributed by atoms with Gasteiger partial charge in [0.25, 0.3) is 0 Å². The molecule has 134 valence electrons. The monoisotopic (exact) mass is 369 g/mol. The Morgan fingerprint density at radius 1 is 1.23 bits per heavy atom. The number of aromatic hydroxyl groups is 1. The van der Waals surface area contributed by atoms with E-state index in [1.54, 1.807) is 6.07 Å². The molecule has 1 aliphatic rings. The summed E-state index contributed by atoms with van der Waals surface area (Å²) in [4.78, 5) is 10.3. The standard InChI is InChI=1S/C20H20ClN3O2/c21-16-6-3-5-14(10-16)17-11-22-20(23-17)18-13-26-9-8-24(18)12-15-4-1-2-7-19(15)25/h1-7,10-11,18,25H,8-9,12-13H2,(H,22,23). The van der Waals surface area contributed by atoms with Crippen LogP contribution in [0.5, 0.6) is 5.75 Å². The van der Waals surface area contributed by atoms with Crippen molar-refractivity contribution in [3.63, 3.8) is 0 Å². The van der Waals surface area contributed by atoms with Crippen molar-refractivity contribution in [3.05, 3.63) is 71.1 Å². The fraction of sp³-hybridized carbons (Fsp3) is 0.250. The molecule has 2 N–H and O–H groups in total. The summed E-state index contributed by atoms with van der Waals surface area (Å²) in [5, 5.41) is 10.8. The second-order valence-electron chi connectivity index (χ2n) is 6.38. The van der Waals surface area contributed by atoms with Gasteiger partial charge in [0, 0.05) is 29.2 Å². The Hall–Kier alpha value is -2.34. The summed E-state index contributed by atoms with van der Waals surface area (Å²) in [6.45, 7) is 2.67. The van der Waals surface area contributed by atoms with Gasteiger partial charge in [0.15, 0.2) is 0 Å². The van der Waals surface area contributed by atoms with Crippen LogP contribution in [0.15, 0.2) is 54.7 Å². The highest BCUT2D eigenvalue weighted by atomic mass is 35.5. The van der Waals surface area contributed by atoms with Crippen LogP contribution in [0.25, 0.3) is 11.3 Å². The first-order valence-electron chi connectivity index (χ1n) is 8.60. The second kappa shape index (κ2) is 7.50. The number of imidazole rings is 1. The molecule has 0 radical (unpaired) electrons. The van der Waals surface area contributed by atoms with E-state index >= 15 is 0 Å². The first-order chi connectivity index (χ1) is 12.7. The number of benzene rings is 2. The highest BCUT2D eigenvalue weighted by Gasteiger charge is 2.27. The van der Waals surface area contributed by atoms with Gasteiger partial charge in [0.1, 0.15) is 11.6 Å². The maximum Gasteiger partial charge on any atom is 0.126 e. The highest BCUT2D eigenvalue weighted by molar-refractivity contribution is 6.30. The Bertz CT molecular complexity index is 896. The summed E-state index contributed by atoms with van der Waals surface area (Å²) in [7, 11) is 0. The van der Waals surface area contributed by atoms with Crippen LogP contribution in [0.3, 0.4) is 0 Å². The fourth-order valence-corrected chi connectivity index (χ4v) is 3.44. The van der Waals surface area contributed by atoms with Gasteiger partial charge in [-0.05, 0) is 18.2 Å². The van der Waals surface area contributed by atoms with E-state index in [-0.39, 0.29) is 6.04 Å². The topological polar surface area (TPSA) is 61.4 Å². The molecule has 26 heavy (non-hydrogen) atoms. The van der Waals surface area contributed by atoms with Gasteiger partial charge in [-0.15, -0.1) is 0 Å². The maximum absolute atomic E-state index is 10.1. The molecule has 1 unspecified atom stereocenters. The average molecular weight is 370 g/mol. The third kappa shape index (κ3) is 3.60.